The van der Waals surface area contributed by atoms with E-state index in [4.69, 9.17) is 14.6 Å². The number of nitrogens with zero attached hydrogens (tertiary/aromatic N) is 1. The van der Waals surface area contributed by atoms with Gasteiger partial charge >= 0.3 is 12.1 Å². The molecule has 2 unspecified atom stereocenters. The summed E-state index contributed by atoms with van der Waals surface area (Å²) in [5, 5.41) is 11.7. The molecule has 4 rings (SSSR count). The molecule has 0 bridgehead atoms. The average molecular weight is 467 g/mol. The Labute approximate surface area is 198 Å². The summed E-state index contributed by atoms with van der Waals surface area (Å²) in [4.78, 5) is 38.4. The summed E-state index contributed by atoms with van der Waals surface area (Å²) in [6.07, 6.45) is 0.323. The molecule has 0 aromatic heterocycles. The molecule has 1 fully saturated rings. The number of carboxylic acid groups (broad SMARTS) is 1. The van der Waals surface area contributed by atoms with Gasteiger partial charge in [0.15, 0.2) is 0 Å². The minimum absolute atomic E-state index is 0.0341. The first-order valence-electron chi connectivity index (χ1n) is 11.6. The summed E-state index contributed by atoms with van der Waals surface area (Å²) < 4.78 is 10.7. The summed E-state index contributed by atoms with van der Waals surface area (Å²) in [6.45, 7) is 1.32. The second-order valence-corrected chi connectivity index (χ2v) is 8.84. The molecule has 1 heterocycles. The molecule has 2 N–H and O–H groups in total. The normalized spacial score (nSPS) is 17.7. The van der Waals surface area contributed by atoms with Gasteiger partial charge in [0.05, 0.1) is 0 Å². The van der Waals surface area contributed by atoms with Crippen LogP contribution in [0.5, 0.6) is 0 Å². The number of carboxylic acids is 1. The molecule has 2 aromatic carbocycles. The summed E-state index contributed by atoms with van der Waals surface area (Å²) in [5.41, 5.74) is 4.52. The molecule has 8 heteroatoms. The fourth-order valence-electron chi connectivity index (χ4n) is 4.94. The van der Waals surface area contributed by atoms with E-state index in [2.05, 4.69) is 17.4 Å². The quantitative estimate of drug-likeness (QED) is 0.588. The van der Waals surface area contributed by atoms with Crippen LogP contribution in [0.2, 0.25) is 0 Å². The summed E-state index contributed by atoms with van der Waals surface area (Å²) in [6, 6.07) is 15.4. The molecular formula is C26H30N2O6. The SMILES string of the molecule is COCCC(NC(=O)OCC1c2ccccc2-c2ccccc21)C(=O)N1CCC(CC(=O)O)C1. The number of carbonyl (C=O) groups excluding carboxylic acids is 2. The van der Waals surface area contributed by atoms with Gasteiger partial charge in [-0.3, -0.25) is 9.59 Å². The topological polar surface area (TPSA) is 105 Å². The van der Waals surface area contributed by atoms with Crippen LogP contribution in [0.1, 0.15) is 36.3 Å². The van der Waals surface area contributed by atoms with Gasteiger partial charge in [-0.15, -0.1) is 0 Å². The number of likely N-dealkylation sites (tertiary alicyclic amines) is 1. The number of alkyl carbamates (subject to hydrolysis) is 1. The second kappa shape index (κ2) is 10.7. The summed E-state index contributed by atoms with van der Waals surface area (Å²) >= 11 is 0. The number of aliphatic carboxylic acids is 1. The van der Waals surface area contributed by atoms with E-state index in [1.165, 1.54) is 7.11 Å². The molecule has 180 valence electrons. The van der Waals surface area contributed by atoms with Gasteiger partial charge in [-0.05, 0) is 34.6 Å². The van der Waals surface area contributed by atoms with Gasteiger partial charge in [-0.25, -0.2) is 4.79 Å². The lowest BCUT2D eigenvalue weighted by molar-refractivity contribution is -0.138. The van der Waals surface area contributed by atoms with E-state index >= 15 is 0 Å². The average Bonchev–Trinajstić information content (AvgIpc) is 3.42. The number of methoxy groups -OCH3 is 1. The lowest BCUT2D eigenvalue weighted by Gasteiger charge is -2.24. The molecule has 34 heavy (non-hydrogen) atoms. The molecule has 2 aromatic rings. The number of amides is 2. The lowest BCUT2D eigenvalue weighted by atomic mass is 9.98. The van der Waals surface area contributed by atoms with Crippen LogP contribution in [0.3, 0.4) is 0 Å². The van der Waals surface area contributed by atoms with Gasteiger partial charge in [0.2, 0.25) is 5.91 Å². The van der Waals surface area contributed by atoms with Crippen molar-refractivity contribution in [2.45, 2.75) is 31.2 Å². The van der Waals surface area contributed by atoms with E-state index in [1.807, 2.05) is 36.4 Å². The van der Waals surface area contributed by atoms with Gasteiger partial charge in [0, 0.05) is 45.6 Å². The minimum Gasteiger partial charge on any atom is -0.481 e. The highest BCUT2D eigenvalue weighted by Crippen LogP contribution is 2.44. The first-order valence-corrected chi connectivity index (χ1v) is 11.6. The Morgan fingerprint density at radius 3 is 2.35 bits per heavy atom. The zero-order chi connectivity index (χ0) is 24.1. The van der Waals surface area contributed by atoms with Crippen molar-refractivity contribution in [2.75, 3.05) is 33.4 Å². The van der Waals surface area contributed by atoms with Crippen LogP contribution in [-0.4, -0.2) is 67.4 Å². The fraction of sp³-hybridized carbons (Fsp3) is 0.423. The Balaban J connectivity index is 1.38. The van der Waals surface area contributed by atoms with Crippen LogP contribution in [0.4, 0.5) is 4.79 Å². The number of rotatable bonds is 9. The summed E-state index contributed by atoms with van der Waals surface area (Å²) in [5.74, 6) is -1.24. The van der Waals surface area contributed by atoms with Crippen LogP contribution in [0, 0.1) is 5.92 Å². The van der Waals surface area contributed by atoms with Crippen LogP contribution >= 0.6 is 0 Å². The lowest BCUT2D eigenvalue weighted by Crippen LogP contribution is -2.48. The number of fused-ring (bicyclic) bond motifs is 3. The molecule has 2 aliphatic rings. The highest BCUT2D eigenvalue weighted by Gasteiger charge is 2.33. The largest absolute Gasteiger partial charge is 0.481 e. The van der Waals surface area contributed by atoms with Gasteiger partial charge in [0.25, 0.3) is 0 Å². The fourth-order valence-corrected chi connectivity index (χ4v) is 4.94. The van der Waals surface area contributed by atoms with E-state index in [1.54, 1.807) is 4.90 Å². The van der Waals surface area contributed by atoms with Crippen molar-refractivity contribution in [3.8, 4) is 11.1 Å². The molecule has 2 atom stereocenters. The predicted octanol–water partition coefficient (Wildman–Crippen LogP) is 3.25. The van der Waals surface area contributed by atoms with Crippen molar-refractivity contribution in [2.24, 2.45) is 5.92 Å². The standard InChI is InChI=1S/C26H30N2O6/c1-33-13-11-23(25(31)28-12-10-17(15-28)14-24(29)30)27-26(32)34-16-22-20-8-4-2-6-18(20)19-7-3-5-9-21(19)22/h2-9,17,22-23H,10-16H2,1H3,(H,27,32)(H,29,30). The van der Waals surface area contributed by atoms with Gasteiger partial charge in [0.1, 0.15) is 12.6 Å². The van der Waals surface area contributed by atoms with Crippen molar-refractivity contribution in [3.05, 3.63) is 59.7 Å². The number of hydrogen-bond donors (Lipinski definition) is 2. The zero-order valence-corrected chi connectivity index (χ0v) is 19.2. The van der Waals surface area contributed by atoms with E-state index in [0.717, 1.165) is 22.3 Å². The highest BCUT2D eigenvalue weighted by atomic mass is 16.5. The van der Waals surface area contributed by atoms with Crippen LogP contribution in [-0.2, 0) is 19.1 Å². The Hall–Kier alpha value is -3.39. The number of ether oxygens (including phenoxy) is 2. The van der Waals surface area contributed by atoms with Gasteiger partial charge < -0.3 is 24.8 Å². The van der Waals surface area contributed by atoms with Crippen molar-refractivity contribution in [1.29, 1.82) is 0 Å². The summed E-state index contributed by atoms with van der Waals surface area (Å²) in [7, 11) is 1.54. The minimum atomic E-state index is -0.869. The van der Waals surface area contributed by atoms with Crippen LogP contribution in [0.25, 0.3) is 11.1 Å². The molecule has 1 aliphatic carbocycles. The molecular weight excluding hydrogens is 436 g/mol. The maximum atomic E-state index is 13.1. The molecule has 1 saturated heterocycles. The van der Waals surface area contributed by atoms with Gasteiger partial charge in [-0.2, -0.15) is 0 Å². The monoisotopic (exact) mass is 466 g/mol. The number of hydrogen-bond acceptors (Lipinski definition) is 5. The second-order valence-electron chi connectivity index (χ2n) is 8.84. The Morgan fingerprint density at radius 1 is 1.09 bits per heavy atom. The van der Waals surface area contributed by atoms with Crippen LogP contribution < -0.4 is 5.32 Å². The molecule has 0 saturated carbocycles. The van der Waals surface area contributed by atoms with Gasteiger partial charge in [-0.1, -0.05) is 48.5 Å². The zero-order valence-electron chi connectivity index (χ0n) is 19.2. The van der Waals surface area contributed by atoms with E-state index in [-0.39, 0.29) is 30.8 Å². The third-order valence-corrected chi connectivity index (χ3v) is 6.61. The molecule has 0 radical (unpaired) electrons. The van der Waals surface area contributed by atoms with E-state index < -0.39 is 18.1 Å². The van der Waals surface area contributed by atoms with Crippen molar-refractivity contribution >= 4 is 18.0 Å². The Morgan fingerprint density at radius 2 is 1.74 bits per heavy atom. The number of nitrogens with one attached hydrogen (secondary N) is 1. The van der Waals surface area contributed by atoms with Crippen molar-refractivity contribution < 1.29 is 29.0 Å². The number of benzene rings is 2. The van der Waals surface area contributed by atoms with E-state index in [0.29, 0.717) is 32.5 Å². The van der Waals surface area contributed by atoms with Crippen LogP contribution in [0.15, 0.2) is 48.5 Å². The highest BCUT2D eigenvalue weighted by molar-refractivity contribution is 5.86. The smallest absolute Gasteiger partial charge is 0.407 e. The molecule has 0 spiro atoms. The Bertz CT molecular complexity index is 1010. The first kappa shape index (κ1) is 23.8. The number of carbonyl (C=O) groups is 3. The third-order valence-electron chi connectivity index (χ3n) is 6.61. The maximum absolute atomic E-state index is 13.1. The third kappa shape index (κ3) is 5.22. The van der Waals surface area contributed by atoms with Crippen molar-refractivity contribution in [3.63, 3.8) is 0 Å². The Kier molecular flexibility index (Phi) is 7.47. The molecule has 1 aliphatic heterocycles. The maximum Gasteiger partial charge on any atom is 0.407 e. The predicted molar refractivity (Wildman–Crippen MR) is 125 cm³/mol. The van der Waals surface area contributed by atoms with Crippen molar-refractivity contribution in [1.82, 2.24) is 10.2 Å². The first-order chi connectivity index (χ1) is 16.5. The molecule has 2 amide bonds. The molecule has 8 nitrogen and oxygen atoms in total. The van der Waals surface area contributed by atoms with E-state index in [9.17, 15) is 14.4 Å².